The summed E-state index contributed by atoms with van der Waals surface area (Å²) in [6, 6.07) is 0. The molecule has 7 heteroatoms. The van der Waals surface area contributed by atoms with E-state index in [-0.39, 0.29) is 5.89 Å². The van der Waals surface area contributed by atoms with Crippen LogP contribution in [0.4, 0.5) is 0 Å². The third kappa shape index (κ3) is 2.35. The molecule has 0 bridgehead atoms. The Hall–Kier alpha value is -1.02. The Bertz CT molecular complexity index is 450. The number of aliphatic hydroxyl groups is 1. The molecule has 2 aliphatic heterocycles. The lowest BCUT2D eigenvalue weighted by molar-refractivity contribution is -0.101. The van der Waals surface area contributed by atoms with E-state index in [2.05, 4.69) is 15.5 Å². The molecule has 112 valence electrons. The largest absolute Gasteiger partial charge is 0.381 e. The highest BCUT2D eigenvalue weighted by Crippen LogP contribution is 2.35. The summed E-state index contributed by atoms with van der Waals surface area (Å²) in [7, 11) is 1.65. The van der Waals surface area contributed by atoms with Gasteiger partial charge in [0.15, 0.2) is 5.60 Å². The van der Waals surface area contributed by atoms with Crippen molar-refractivity contribution < 1.29 is 19.1 Å². The van der Waals surface area contributed by atoms with Gasteiger partial charge in [0.2, 0.25) is 5.82 Å². The monoisotopic (exact) mass is 283 g/mol. The second-order valence-corrected chi connectivity index (χ2v) is 5.55. The van der Waals surface area contributed by atoms with Gasteiger partial charge < -0.3 is 24.4 Å². The van der Waals surface area contributed by atoms with Crippen LogP contribution in [0.15, 0.2) is 4.52 Å². The van der Waals surface area contributed by atoms with E-state index in [1.54, 1.807) is 7.11 Å². The Morgan fingerprint density at radius 3 is 2.75 bits per heavy atom. The fourth-order valence-electron chi connectivity index (χ4n) is 2.89. The van der Waals surface area contributed by atoms with Crippen molar-refractivity contribution in [3.63, 3.8) is 0 Å². The molecule has 7 nitrogen and oxygen atoms in total. The first-order chi connectivity index (χ1) is 9.69. The number of aromatic nitrogens is 2. The predicted molar refractivity (Wildman–Crippen MR) is 69.0 cm³/mol. The van der Waals surface area contributed by atoms with Crippen molar-refractivity contribution in [3.8, 4) is 0 Å². The van der Waals surface area contributed by atoms with Gasteiger partial charge in [-0.25, -0.2) is 0 Å². The lowest BCUT2D eigenvalue weighted by Crippen LogP contribution is -2.43. The number of hydrogen-bond acceptors (Lipinski definition) is 7. The lowest BCUT2D eigenvalue weighted by Gasteiger charge is -2.33. The maximum Gasteiger partial charge on any atom is 0.260 e. The summed E-state index contributed by atoms with van der Waals surface area (Å²) in [5, 5.41) is 17.8. The van der Waals surface area contributed by atoms with Crippen LogP contribution in [0.5, 0.6) is 0 Å². The molecule has 0 aliphatic carbocycles. The molecule has 0 saturated carbocycles. The maximum atomic E-state index is 10.6. The first-order valence-corrected chi connectivity index (χ1v) is 7.09. The topological polar surface area (TPSA) is 89.6 Å². The minimum atomic E-state index is -1.07. The van der Waals surface area contributed by atoms with Crippen LogP contribution in [0.2, 0.25) is 0 Å². The molecule has 0 aromatic carbocycles. The second kappa shape index (κ2) is 5.40. The first kappa shape index (κ1) is 13.9. The molecule has 0 radical (unpaired) electrons. The second-order valence-electron chi connectivity index (χ2n) is 5.55. The van der Waals surface area contributed by atoms with Gasteiger partial charge in [0.25, 0.3) is 5.89 Å². The van der Waals surface area contributed by atoms with E-state index < -0.39 is 11.2 Å². The molecule has 0 amide bonds. The number of nitrogens with one attached hydrogen (secondary N) is 1. The molecule has 2 N–H and O–H groups in total. The van der Waals surface area contributed by atoms with Crippen LogP contribution < -0.4 is 5.32 Å². The highest BCUT2D eigenvalue weighted by atomic mass is 16.5. The average Bonchev–Trinajstić information content (AvgIpc) is 3.00. The summed E-state index contributed by atoms with van der Waals surface area (Å²) < 4.78 is 16.3. The Balaban J connectivity index is 1.85. The van der Waals surface area contributed by atoms with Crippen molar-refractivity contribution in [2.24, 2.45) is 0 Å². The Morgan fingerprint density at radius 1 is 1.30 bits per heavy atom. The van der Waals surface area contributed by atoms with Crippen LogP contribution in [0, 0.1) is 0 Å². The van der Waals surface area contributed by atoms with Crippen molar-refractivity contribution in [1.82, 2.24) is 15.5 Å². The van der Waals surface area contributed by atoms with Gasteiger partial charge >= 0.3 is 0 Å². The van der Waals surface area contributed by atoms with Crippen LogP contribution in [-0.4, -0.2) is 48.7 Å². The number of methoxy groups -OCH3 is 1. The fraction of sp³-hybridized carbons (Fsp3) is 0.846. The van der Waals surface area contributed by atoms with Crippen LogP contribution >= 0.6 is 0 Å². The van der Waals surface area contributed by atoms with Gasteiger partial charge in [0.1, 0.15) is 5.60 Å². The normalized spacial score (nSPS) is 30.3. The highest BCUT2D eigenvalue weighted by Gasteiger charge is 2.43. The van der Waals surface area contributed by atoms with Gasteiger partial charge in [-0.3, -0.25) is 0 Å². The highest BCUT2D eigenvalue weighted by molar-refractivity contribution is 5.08. The molecule has 1 atom stereocenters. The minimum absolute atomic E-state index is 0.280. The van der Waals surface area contributed by atoms with Crippen LogP contribution in [0.3, 0.4) is 0 Å². The van der Waals surface area contributed by atoms with Gasteiger partial charge in [0, 0.05) is 39.7 Å². The molecule has 1 unspecified atom stereocenters. The molecule has 3 rings (SSSR count). The van der Waals surface area contributed by atoms with Gasteiger partial charge in [-0.2, -0.15) is 4.98 Å². The SMILES string of the molecule is COC1(c2noc(C3(O)CCCNC3)n2)CCOCC1. The number of nitrogens with zero attached hydrogens (tertiary/aromatic N) is 2. The van der Waals surface area contributed by atoms with E-state index in [1.807, 2.05) is 0 Å². The molecular weight excluding hydrogens is 262 g/mol. The smallest absolute Gasteiger partial charge is 0.260 e. The summed E-state index contributed by atoms with van der Waals surface area (Å²) in [6.45, 7) is 2.58. The molecule has 20 heavy (non-hydrogen) atoms. The van der Waals surface area contributed by atoms with E-state index in [9.17, 15) is 5.11 Å². The van der Waals surface area contributed by atoms with Crippen molar-refractivity contribution >= 4 is 0 Å². The van der Waals surface area contributed by atoms with Crippen molar-refractivity contribution in [1.29, 1.82) is 0 Å². The third-order valence-corrected chi connectivity index (χ3v) is 4.28. The molecule has 0 spiro atoms. The molecule has 1 aromatic heterocycles. The van der Waals surface area contributed by atoms with Gasteiger partial charge in [-0.05, 0) is 19.4 Å². The summed E-state index contributed by atoms with van der Waals surface area (Å²) in [5.74, 6) is 0.792. The molecule has 3 heterocycles. The predicted octanol–water partition coefficient (Wildman–Crippen LogP) is 0.293. The van der Waals surface area contributed by atoms with Gasteiger partial charge in [-0.15, -0.1) is 0 Å². The Morgan fingerprint density at radius 2 is 2.10 bits per heavy atom. The number of piperidine rings is 1. The van der Waals surface area contributed by atoms with E-state index in [4.69, 9.17) is 14.0 Å². The number of rotatable bonds is 3. The summed E-state index contributed by atoms with van der Waals surface area (Å²) in [4.78, 5) is 4.42. The zero-order chi connectivity index (χ0) is 14.1. The van der Waals surface area contributed by atoms with Crippen molar-refractivity contribution in [2.45, 2.75) is 36.9 Å². The number of β-amino-alcohol motifs (C(OH)–C–C–N with tert-alkyl or cyclic N) is 1. The molecular formula is C13H21N3O4. The summed E-state index contributed by atoms with van der Waals surface area (Å²) >= 11 is 0. The van der Waals surface area contributed by atoms with E-state index in [0.717, 1.165) is 13.0 Å². The van der Waals surface area contributed by atoms with Crippen LogP contribution in [0.1, 0.15) is 37.4 Å². The number of ether oxygens (including phenoxy) is 2. The van der Waals surface area contributed by atoms with Crippen LogP contribution in [0.25, 0.3) is 0 Å². The fourth-order valence-corrected chi connectivity index (χ4v) is 2.89. The quantitative estimate of drug-likeness (QED) is 0.824. The standard InChI is InChI=1S/C13H21N3O4/c1-18-13(4-7-19-8-5-13)10-15-11(20-16-10)12(17)3-2-6-14-9-12/h14,17H,2-9H2,1H3. The average molecular weight is 283 g/mol. The summed E-state index contributed by atoms with van der Waals surface area (Å²) in [6.07, 6.45) is 2.90. The zero-order valence-corrected chi connectivity index (χ0v) is 11.7. The third-order valence-electron chi connectivity index (χ3n) is 4.28. The minimum Gasteiger partial charge on any atom is -0.381 e. The molecule has 1 aromatic rings. The first-order valence-electron chi connectivity index (χ1n) is 7.09. The molecule has 2 saturated heterocycles. The lowest BCUT2D eigenvalue weighted by atomic mass is 9.92. The molecule has 2 aliphatic rings. The van der Waals surface area contributed by atoms with Gasteiger partial charge in [0.05, 0.1) is 0 Å². The van der Waals surface area contributed by atoms with Crippen LogP contribution in [-0.2, 0) is 20.7 Å². The summed E-state index contributed by atoms with van der Waals surface area (Å²) in [5.41, 5.74) is -1.62. The van der Waals surface area contributed by atoms with E-state index >= 15 is 0 Å². The van der Waals surface area contributed by atoms with Crippen molar-refractivity contribution in [2.75, 3.05) is 33.4 Å². The van der Waals surface area contributed by atoms with E-state index in [1.165, 1.54) is 0 Å². The maximum absolute atomic E-state index is 10.6. The van der Waals surface area contributed by atoms with Gasteiger partial charge in [-0.1, -0.05) is 5.16 Å². The number of hydrogen-bond donors (Lipinski definition) is 2. The molecule has 2 fully saturated rings. The Labute approximate surface area is 117 Å². The van der Waals surface area contributed by atoms with E-state index in [0.29, 0.717) is 44.8 Å². The van der Waals surface area contributed by atoms with Crippen molar-refractivity contribution in [3.05, 3.63) is 11.7 Å². The Kier molecular flexibility index (Phi) is 3.76. The zero-order valence-electron chi connectivity index (χ0n) is 11.7.